The van der Waals surface area contributed by atoms with E-state index in [1.54, 1.807) is 0 Å². The van der Waals surface area contributed by atoms with E-state index >= 15 is 0 Å². The van der Waals surface area contributed by atoms with Crippen LogP contribution in [0.3, 0.4) is 0 Å². The molecule has 0 aromatic rings. The molecule has 0 bridgehead atoms. The number of hydrogen-bond donors (Lipinski definition) is 0. The van der Waals surface area contributed by atoms with E-state index < -0.39 is 0 Å². The number of ether oxygens (including phenoxy) is 3. The lowest BCUT2D eigenvalue weighted by Crippen LogP contribution is -2.38. The lowest BCUT2D eigenvalue weighted by atomic mass is 10.2. The van der Waals surface area contributed by atoms with Gasteiger partial charge in [0.2, 0.25) is 0 Å². The van der Waals surface area contributed by atoms with Crippen LogP contribution in [0.4, 0.5) is 0 Å². The summed E-state index contributed by atoms with van der Waals surface area (Å²) in [7, 11) is 0. The summed E-state index contributed by atoms with van der Waals surface area (Å²) in [5, 5.41) is 0. The van der Waals surface area contributed by atoms with E-state index in [0.717, 1.165) is 13.2 Å². The van der Waals surface area contributed by atoms with Gasteiger partial charge in [-0.3, -0.25) is 0 Å². The van der Waals surface area contributed by atoms with Gasteiger partial charge in [-0.2, -0.15) is 0 Å². The van der Waals surface area contributed by atoms with Crippen molar-refractivity contribution in [2.24, 2.45) is 0 Å². The van der Waals surface area contributed by atoms with Crippen LogP contribution < -0.4 is 0 Å². The monoisotopic (exact) mass is 142 g/mol. The second-order valence-electron chi connectivity index (χ2n) is 2.53. The van der Waals surface area contributed by atoms with Crippen LogP contribution in [0.2, 0.25) is 0 Å². The Labute approximate surface area is 59.6 Å². The van der Waals surface area contributed by atoms with Crippen molar-refractivity contribution in [3.8, 4) is 0 Å². The summed E-state index contributed by atoms with van der Waals surface area (Å²) >= 11 is 0. The Morgan fingerprint density at radius 3 is 2.50 bits per heavy atom. The summed E-state index contributed by atoms with van der Waals surface area (Å²) in [6.07, 6.45) is 1.85. The summed E-state index contributed by atoms with van der Waals surface area (Å²) in [5.41, 5.74) is 1.27. The van der Waals surface area contributed by atoms with E-state index in [-0.39, 0.29) is 12.6 Å². The molecule has 2 aliphatic heterocycles. The minimum absolute atomic E-state index is 0.0251. The third-order valence-corrected chi connectivity index (χ3v) is 1.60. The first-order chi connectivity index (χ1) is 4.84. The maximum absolute atomic E-state index is 5.19. The van der Waals surface area contributed by atoms with Crippen LogP contribution in [0.1, 0.15) is 6.92 Å². The fourth-order valence-corrected chi connectivity index (χ4v) is 0.975. The quantitative estimate of drug-likeness (QED) is 0.503. The molecule has 2 aliphatic rings. The normalized spacial score (nSPS) is 38.3. The molecule has 0 aliphatic carbocycles. The van der Waals surface area contributed by atoms with Gasteiger partial charge in [0.15, 0.2) is 12.6 Å². The average molecular weight is 142 g/mol. The molecule has 2 rings (SSSR count). The number of rotatable bonds is 1. The summed E-state index contributed by atoms with van der Waals surface area (Å²) in [5.74, 6) is 0. The molecule has 2 fully saturated rings. The molecule has 56 valence electrons. The first-order valence-corrected chi connectivity index (χ1v) is 3.43. The van der Waals surface area contributed by atoms with Crippen LogP contribution in [-0.4, -0.2) is 25.8 Å². The molecule has 0 saturated carbocycles. The van der Waals surface area contributed by atoms with Crippen LogP contribution in [0.5, 0.6) is 0 Å². The second-order valence-corrected chi connectivity index (χ2v) is 2.53. The van der Waals surface area contributed by atoms with Crippen molar-refractivity contribution >= 4 is 0 Å². The Bertz CT molecular complexity index is 152. The average Bonchev–Trinajstić information content (AvgIpc) is 1.72. The van der Waals surface area contributed by atoms with E-state index in [4.69, 9.17) is 14.2 Å². The molecule has 0 radical (unpaired) electrons. The van der Waals surface area contributed by atoms with Gasteiger partial charge in [-0.1, -0.05) is 0 Å². The van der Waals surface area contributed by atoms with Crippen LogP contribution in [0, 0.1) is 0 Å². The molecule has 0 amide bonds. The lowest BCUT2D eigenvalue weighted by Gasteiger charge is -2.33. The Kier molecular flexibility index (Phi) is 1.48. The topological polar surface area (TPSA) is 27.7 Å². The first kappa shape index (κ1) is 6.34. The fourth-order valence-electron chi connectivity index (χ4n) is 0.975. The lowest BCUT2D eigenvalue weighted by molar-refractivity contribution is -0.355. The second kappa shape index (κ2) is 2.34. The third-order valence-electron chi connectivity index (χ3n) is 1.60. The van der Waals surface area contributed by atoms with Gasteiger partial charge in [0.1, 0.15) is 0 Å². The van der Waals surface area contributed by atoms with Gasteiger partial charge in [-0.05, 0) is 18.6 Å². The first-order valence-electron chi connectivity index (χ1n) is 3.43. The SMILES string of the molecule is CC1OC(C=C2COC2)O1. The van der Waals surface area contributed by atoms with E-state index in [0.29, 0.717) is 0 Å². The summed E-state index contributed by atoms with van der Waals surface area (Å²) < 4.78 is 15.3. The van der Waals surface area contributed by atoms with Crippen molar-refractivity contribution in [3.63, 3.8) is 0 Å². The molecule has 0 N–H and O–H groups in total. The van der Waals surface area contributed by atoms with Crippen LogP contribution >= 0.6 is 0 Å². The molecule has 2 saturated heterocycles. The van der Waals surface area contributed by atoms with Crippen molar-refractivity contribution in [1.82, 2.24) is 0 Å². The number of hydrogen-bond acceptors (Lipinski definition) is 3. The molecule has 2 heterocycles. The van der Waals surface area contributed by atoms with Crippen LogP contribution in [-0.2, 0) is 14.2 Å². The zero-order valence-corrected chi connectivity index (χ0v) is 5.87. The molecule has 0 aromatic heterocycles. The largest absolute Gasteiger partial charge is 0.373 e. The predicted octanol–water partition coefficient (Wildman–Crippen LogP) is 0.662. The van der Waals surface area contributed by atoms with Crippen molar-refractivity contribution in [3.05, 3.63) is 11.6 Å². The highest BCUT2D eigenvalue weighted by Crippen LogP contribution is 2.20. The fraction of sp³-hybridized carbons (Fsp3) is 0.714. The van der Waals surface area contributed by atoms with Crippen LogP contribution in [0.25, 0.3) is 0 Å². The Hall–Kier alpha value is -0.380. The molecule has 0 aromatic carbocycles. The molecule has 10 heavy (non-hydrogen) atoms. The zero-order valence-electron chi connectivity index (χ0n) is 5.87. The Morgan fingerprint density at radius 1 is 1.40 bits per heavy atom. The Morgan fingerprint density at radius 2 is 2.10 bits per heavy atom. The molecular formula is C7H10O3. The summed E-state index contributed by atoms with van der Waals surface area (Å²) in [6, 6.07) is 0. The van der Waals surface area contributed by atoms with Gasteiger partial charge in [-0.25, -0.2) is 0 Å². The van der Waals surface area contributed by atoms with Crippen molar-refractivity contribution in [2.45, 2.75) is 19.5 Å². The van der Waals surface area contributed by atoms with Crippen molar-refractivity contribution in [1.29, 1.82) is 0 Å². The molecule has 0 atom stereocenters. The van der Waals surface area contributed by atoms with Crippen molar-refractivity contribution in [2.75, 3.05) is 13.2 Å². The van der Waals surface area contributed by atoms with Gasteiger partial charge in [0.25, 0.3) is 0 Å². The standard InChI is InChI=1S/C7H10O3/c1-5-9-7(10-5)2-6-3-8-4-6/h2,5,7H,3-4H2,1H3. The minimum Gasteiger partial charge on any atom is -0.373 e. The van der Waals surface area contributed by atoms with Gasteiger partial charge < -0.3 is 14.2 Å². The molecule has 0 spiro atoms. The maximum atomic E-state index is 5.19. The van der Waals surface area contributed by atoms with Gasteiger partial charge in [0, 0.05) is 0 Å². The smallest absolute Gasteiger partial charge is 0.183 e. The van der Waals surface area contributed by atoms with E-state index in [2.05, 4.69) is 0 Å². The molecule has 0 unspecified atom stereocenters. The van der Waals surface area contributed by atoms with Gasteiger partial charge in [0.05, 0.1) is 13.2 Å². The summed E-state index contributed by atoms with van der Waals surface area (Å²) in [4.78, 5) is 0. The highest BCUT2D eigenvalue weighted by molar-refractivity contribution is 5.10. The summed E-state index contributed by atoms with van der Waals surface area (Å²) in [6.45, 7) is 3.38. The zero-order chi connectivity index (χ0) is 6.97. The molecule has 3 heteroatoms. The van der Waals surface area contributed by atoms with E-state index in [1.165, 1.54) is 5.57 Å². The predicted molar refractivity (Wildman–Crippen MR) is 34.3 cm³/mol. The molecular weight excluding hydrogens is 132 g/mol. The third kappa shape index (κ3) is 1.08. The van der Waals surface area contributed by atoms with Crippen molar-refractivity contribution < 1.29 is 14.2 Å². The van der Waals surface area contributed by atoms with Gasteiger partial charge >= 0.3 is 0 Å². The minimum atomic E-state index is -0.103. The Balaban J connectivity index is 1.80. The van der Waals surface area contributed by atoms with Gasteiger partial charge in [-0.15, -0.1) is 0 Å². The highest BCUT2D eigenvalue weighted by atomic mass is 16.9. The van der Waals surface area contributed by atoms with E-state index in [9.17, 15) is 0 Å². The van der Waals surface area contributed by atoms with E-state index in [1.807, 2.05) is 13.0 Å². The van der Waals surface area contributed by atoms with Crippen LogP contribution in [0.15, 0.2) is 11.6 Å². The molecule has 3 nitrogen and oxygen atoms in total. The highest BCUT2D eigenvalue weighted by Gasteiger charge is 2.26. The maximum Gasteiger partial charge on any atom is 0.183 e.